The van der Waals surface area contributed by atoms with E-state index in [0.717, 1.165) is 16.5 Å². The Kier molecular flexibility index (Phi) is 2.19. The van der Waals surface area contributed by atoms with Crippen LogP contribution < -0.4 is 0 Å². The lowest BCUT2D eigenvalue weighted by Crippen LogP contribution is -1.93. The number of pyridine rings is 2. The average Bonchev–Trinajstić information content (AvgIpc) is 2.18. The van der Waals surface area contributed by atoms with Crippen molar-refractivity contribution in [1.29, 1.82) is 0 Å². The van der Waals surface area contributed by atoms with Crippen LogP contribution in [0.1, 0.15) is 5.69 Å². The smallest absolute Gasteiger partial charge is 0.0486 e. The first-order chi connectivity index (χ1) is 6.40. The van der Waals surface area contributed by atoms with Gasteiger partial charge in [-0.1, -0.05) is 0 Å². The van der Waals surface area contributed by atoms with Crippen LogP contribution in [-0.4, -0.2) is 21.7 Å². The van der Waals surface area contributed by atoms with E-state index in [2.05, 4.69) is 9.97 Å². The topological polar surface area (TPSA) is 46.0 Å². The van der Waals surface area contributed by atoms with Gasteiger partial charge < -0.3 is 5.11 Å². The molecule has 0 fully saturated rings. The third-order valence-corrected chi connectivity index (χ3v) is 1.95. The van der Waals surface area contributed by atoms with Crippen molar-refractivity contribution < 1.29 is 5.11 Å². The minimum atomic E-state index is 0.138. The molecule has 66 valence electrons. The largest absolute Gasteiger partial charge is 0.396 e. The molecule has 0 bridgehead atoms. The van der Waals surface area contributed by atoms with Crippen LogP contribution >= 0.6 is 0 Å². The van der Waals surface area contributed by atoms with Crippen molar-refractivity contribution in [3.8, 4) is 0 Å². The van der Waals surface area contributed by atoms with E-state index in [1.807, 2.05) is 18.3 Å². The molecule has 13 heavy (non-hydrogen) atoms. The molecular weight excluding hydrogens is 164 g/mol. The van der Waals surface area contributed by atoms with Gasteiger partial charge in [0.2, 0.25) is 0 Å². The molecule has 2 aromatic heterocycles. The summed E-state index contributed by atoms with van der Waals surface area (Å²) < 4.78 is 0. The van der Waals surface area contributed by atoms with Crippen LogP contribution in [0.2, 0.25) is 0 Å². The van der Waals surface area contributed by atoms with Crippen molar-refractivity contribution in [1.82, 2.24) is 9.97 Å². The summed E-state index contributed by atoms with van der Waals surface area (Å²) in [7, 11) is 0. The van der Waals surface area contributed by atoms with Crippen molar-refractivity contribution in [2.24, 2.45) is 0 Å². The number of aromatic nitrogens is 2. The molecule has 3 heteroatoms. The van der Waals surface area contributed by atoms with Crippen molar-refractivity contribution in [2.45, 2.75) is 6.42 Å². The summed E-state index contributed by atoms with van der Waals surface area (Å²) in [6.07, 6.45) is 5.96. The Morgan fingerprint density at radius 1 is 1.23 bits per heavy atom. The number of hydrogen-bond acceptors (Lipinski definition) is 3. The van der Waals surface area contributed by atoms with Crippen LogP contribution in [0.3, 0.4) is 0 Å². The van der Waals surface area contributed by atoms with Gasteiger partial charge in [0.25, 0.3) is 0 Å². The zero-order valence-corrected chi connectivity index (χ0v) is 7.14. The highest BCUT2D eigenvalue weighted by Gasteiger charge is 1.96. The Morgan fingerprint density at radius 3 is 3.00 bits per heavy atom. The van der Waals surface area contributed by atoms with Gasteiger partial charge >= 0.3 is 0 Å². The van der Waals surface area contributed by atoms with E-state index in [1.54, 1.807) is 12.4 Å². The van der Waals surface area contributed by atoms with Gasteiger partial charge in [-0.25, -0.2) is 0 Å². The predicted octanol–water partition coefficient (Wildman–Crippen LogP) is 1.16. The summed E-state index contributed by atoms with van der Waals surface area (Å²) in [6.45, 7) is 0.138. The summed E-state index contributed by atoms with van der Waals surface area (Å²) in [5.41, 5.74) is 0.906. The quantitative estimate of drug-likeness (QED) is 0.743. The van der Waals surface area contributed by atoms with Gasteiger partial charge in [0.05, 0.1) is 0 Å². The second kappa shape index (κ2) is 3.49. The fourth-order valence-electron chi connectivity index (χ4n) is 1.28. The van der Waals surface area contributed by atoms with Gasteiger partial charge in [0.1, 0.15) is 0 Å². The highest BCUT2D eigenvalue weighted by Crippen LogP contribution is 2.11. The molecule has 3 nitrogen and oxygen atoms in total. The summed E-state index contributed by atoms with van der Waals surface area (Å²) >= 11 is 0. The molecule has 0 atom stereocenters. The Bertz CT molecular complexity index is 414. The number of aliphatic hydroxyl groups excluding tert-OH is 1. The maximum Gasteiger partial charge on any atom is 0.0486 e. The molecular formula is C10H10N2O. The standard InChI is InChI=1S/C10H10N2O/c13-4-2-10-5-9-6-11-3-1-8(9)7-12-10/h1,3,5-7,13H,2,4H2. The average molecular weight is 174 g/mol. The second-order valence-electron chi connectivity index (χ2n) is 2.87. The number of nitrogens with zero attached hydrogens (tertiary/aromatic N) is 2. The van der Waals surface area contributed by atoms with E-state index in [-0.39, 0.29) is 6.61 Å². The predicted molar refractivity (Wildman–Crippen MR) is 50.3 cm³/mol. The SMILES string of the molecule is OCCc1cc2cnccc2cn1. The molecule has 0 spiro atoms. The number of aliphatic hydroxyl groups is 1. The molecule has 0 aromatic carbocycles. The molecule has 0 aliphatic rings. The van der Waals surface area contributed by atoms with E-state index in [1.165, 1.54) is 0 Å². The monoisotopic (exact) mass is 174 g/mol. The van der Waals surface area contributed by atoms with Crippen molar-refractivity contribution >= 4 is 10.8 Å². The van der Waals surface area contributed by atoms with Crippen LogP contribution in [0, 0.1) is 0 Å². The van der Waals surface area contributed by atoms with Crippen LogP contribution in [0.5, 0.6) is 0 Å². The third kappa shape index (κ3) is 1.65. The van der Waals surface area contributed by atoms with E-state index in [4.69, 9.17) is 5.11 Å². The van der Waals surface area contributed by atoms with Crippen LogP contribution in [0.25, 0.3) is 10.8 Å². The van der Waals surface area contributed by atoms with Gasteiger partial charge in [0, 0.05) is 48.1 Å². The fourth-order valence-corrected chi connectivity index (χ4v) is 1.28. The fraction of sp³-hybridized carbons (Fsp3) is 0.200. The molecule has 0 saturated heterocycles. The summed E-state index contributed by atoms with van der Waals surface area (Å²) in [5, 5.41) is 10.9. The Hall–Kier alpha value is -1.48. The Balaban J connectivity index is 2.49. The molecule has 0 radical (unpaired) electrons. The lowest BCUT2D eigenvalue weighted by Gasteiger charge is -1.99. The lowest BCUT2D eigenvalue weighted by atomic mass is 10.2. The number of hydrogen-bond donors (Lipinski definition) is 1. The van der Waals surface area contributed by atoms with Gasteiger partial charge in [-0.05, 0) is 12.1 Å². The van der Waals surface area contributed by atoms with Crippen LogP contribution in [-0.2, 0) is 6.42 Å². The summed E-state index contributed by atoms with van der Waals surface area (Å²) in [4.78, 5) is 8.23. The zero-order chi connectivity index (χ0) is 9.10. The van der Waals surface area contributed by atoms with E-state index in [0.29, 0.717) is 6.42 Å². The van der Waals surface area contributed by atoms with Crippen molar-refractivity contribution in [3.05, 3.63) is 36.4 Å². The summed E-state index contributed by atoms with van der Waals surface area (Å²) in [6, 6.07) is 3.88. The third-order valence-electron chi connectivity index (χ3n) is 1.95. The molecule has 0 amide bonds. The minimum Gasteiger partial charge on any atom is -0.396 e. The van der Waals surface area contributed by atoms with Crippen LogP contribution in [0.15, 0.2) is 30.7 Å². The molecule has 0 unspecified atom stereocenters. The van der Waals surface area contributed by atoms with Gasteiger partial charge in [0.15, 0.2) is 0 Å². The van der Waals surface area contributed by atoms with E-state index in [9.17, 15) is 0 Å². The maximum atomic E-state index is 8.74. The van der Waals surface area contributed by atoms with Gasteiger partial charge in [-0.15, -0.1) is 0 Å². The first-order valence-electron chi connectivity index (χ1n) is 4.19. The molecule has 2 aromatic rings. The molecule has 0 saturated carbocycles. The first kappa shape index (κ1) is 8.13. The highest BCUT2D eigenvalue weighted by atomic mass is 16.3. The van der Waals surface area contributed by atoms with Gasteiger partial charge in [-0.3, -0.25) is 9.97 Å². The highest BCUT2D eigenvalue weighted by molar-refractivity contribution is 5.80. The lowest BCUT2D eigenvalue weighted by molar-refractivity contribution is 0.298. The van der Waals surface area contributed by atoms with E-state index < -0.39 is 0 Å². The summed E-state index contributed by atoms with van der Waals surface area (Å²) in [5.74, 6) is 0. The zero-order valence-electron chi connectivity index (χ0n) is 7.14. The van der Waals surface area contributed by atoms with Crippen molar-refractivity contribution in [2.75, 3.05) is 6.61 Å². The van der Waals surface area contributed by atoms with Gasteiger partial charge in [-0.2, -0.15) is 0 Å². The second-order valence-corrected chi connectivity index (χ2v) is 2.87. The first-order valence-corrected chi connectivity index (χ1v) is 4.19. The Morgan fingerprint density at radius 2 is 2.15 bits per heavy atom. The van der Waals surface area contributed by atoms with Crippen molar-refractivity contribution in [3.63, 3.8) is 0 Å². The number of fused-ring (bicyclic) bond motifs is 1. The van der Waals surface area contributed by atoms with E-state index >= 15 is 0 Å². The molecule has 1 N–H and O–H groups in total. The molecule has 2 heterocycles. The maximum absolute atomic E-state index is 8.74. The van der Waals surface area contributed by atoms with Crippen LogP contribution in [0.4, 0.5) is 0 Å². The minimum absolute atomic E-state index is 0.138. The number of rotatable bonds is 2. The Labute approximate surface area is 76.1 Å². The normalized spacial score (nSPS) is 10.5. The molecule has 2 rings (SSSR count). The molecule has 0 aliphatic heterocycles. The molecule has 0 aliphatic carbocycles.